The van der Waals surface area contributed by atoms with Crippen LogP contribution in [0.5, 0.6) is 0 Å². The third-order valence-electron chi connectivity index (χ3n) is 5.43. The SMILES string of the molecule is O=C(NO)c1ccc(CN(C(=O)N2CCOCC2)c2cccc(C3=CCC=C3)c2)cc1. The Kier molecular flexibility index (Phi) is 6.45. The van der Waals surface area contributed by atoms with Gasteiger partial charge in [0.1, 0.15) is 0 Å². The molecule has 160 valence electrons. The van der Waals surface area contributed by atoms with Crippen molar-refractivity contribution in [1.29, 1.82) is 0 Å². The molecule has 2 aromatic carbocycles. The van der Waals surface area contributed by atoms with Crippen molar-refractivity contribution < 1.29 is 19.5 Å². The van der Waals surface area contributed by atoms with Crippen LogP contribution in [0.2, 0.25) is 0 Å². The zero-order chi connectivity index (χ0) is 21.6. The fourth-order valence-corrected chi connectivity index (χ4v) is 3.73. The first-order valence-electron chi connectivity index (χ1n) is 10.3. The maximum absolute atomic E-state index is 13.4. The summed E-state index contributed by atoms with van der Waals surface area (Å²) in [7, 11) is 0. The Morgan fingerprint density at radius 3 is 2.55 bits per heavy atom. The van der Waals surface area contributed by atoms with Gasteiger partial charge in [0.25, 0.3) is 5.91 Å². The number of nitrogens with one attached hydrogen (secondary N) is 1. The first kappa shape index (κ1) is 20.8. The summed E-state index contributed by atoms with van der Waals surface area (Å²) < 4.78 is 5.40. The number of urea groups is 1. The lowest BCUT2D eigenvalue weighted by atomic mass is 10.1. The van der Waals surface area contributed by atoms with Gasteiger partial charge in [0.2, 0.25) is 0 Å². The van der Waals surface area contributed by atoms with E-state index in [-0.39, 0.29) is 6.03 Å². The second kappa shape index (κ2) is 9.59. The highest BCUT2D eigenvalue weighted by Crippen LogP contribution is 2.27. The zero-order valence-electron chi connectivity index (χ0n) is 17.2. The molecule has 0 atom stereocenters. The summed E-state index contributed by atoms with van der Waals surface area (Å²) in [5, 5.41) is 8.81. The van der Waals surface area contributed by atoms with Crippen molar-refractivity contribution >= 4 is 23.2 Å². The fourth-order valence-electron chi connectivity index (χ4n) is 3.73. The van der Waals surface area contributed by atoms with Gasteiger partial charge in [-0.3, -0.25) is 14.9 Å². The predicted molar refractivity (Wildman–Crippen MR) is 118 cm³/mol. The van der Waals surface area contributed by atoms with Crippen LogP contribution in [-0.4, -0.2) is 48.3 Å². The first-order chi connectivity index (χ1) is 15.2. The Bertz CT molecular complexity index is 1010. The van der Waals surface area contributed by atoms with E-state index in [9.17, 15) is 9.59 Å². The van der Waals surface area contributed by atoms with Crippen LogP contribution in [0.4, 0.5) is 10.5 Å². The Balaban J connectivity index is 1.63. The van der Waals surface area contributed by atoms with Crippen molar-refractivity contribution in [1.82, 2.24) is 10.4 Å². The van der Waals surface area contributed by atoms with E-state index in [4.69, 9.17) is 9.94 Å². The van der Waals surface area contributed by atoms with E-state index in [0.29, 0.717) is 38.4 Å². The van der Waals surface area contributed by atoms with Crippen LogP contribution in [0.15, 0.2) is 66.8 Å². The van der Waals surface area contributed by atoms with Gasteiger partial charge in [-0.15, -0.1) is 0 Å². The molecule has 3 amide bonds. The lowest BCUT2D eigenvalue weighted by Gasteiger charge is -2.33. The molecule has 7 nitrogen and oxygen atoms in total. The maximum atomic E-state index is 13.4. The number of morpholine rings is 1. The molecule has 2 aliphatic rings. The van der Waals surface area contributed by atoms with Gasteiger partial charge in [-0.1, -0.05) is 42.5 Å². The molecule has 0 unspecified atom stereocenters. The molecule has 2 aromatic rings. The molecule has 7 heteroatoms. The summed E-state index contributed by atoms with van der Waals surface area (Å²) in [4.78, 5) is 28.6. The van der Waals surface area contributed by atoms with Crippen LogP contribution in [0.1, 0.15) is 27.9 Å². The number of amides is 3. The molecule has 0 spiro atoms. The summed E-state index contributed by atoms with van der Waals surface area (Å²) >= 11 is 0. The van der Waals surface area contributed by atoms with Crippen LogP contribution >= 0.6 is 0 Å². The molecule has 4 rings (SSSR count). The van der Waals surface area contributed by atoms with Crippen LogP contribution in [0.25, 0.3) is 5.57 Å². The third kappa shape index (κ3) is 4.84. The monoisotopic (exact) mass is 419 g/mol. The fraction of sp³-hybridized carbons (Fsp3) is 0.250. The Labute approximate surface area is 181 Å². The predicted octanol–water partition coefficient (Wildman–Crippen LogP) is 3.61. The van der Waals surface area contributed by atoms with Gasteiger partial charge >= 0.3 is 6.03 Å². The molecule has 1 aliphatic heterocycles. The lowest BCUT2D eigenvalue weighted by Crippen LogP contribution is -2.48. The Hall–Kier alpha value is -3.42. The average molecular weight is 419 g/mol. The molecule has 2 N–H and O–H groups in total. The standard InChI is InChI=1S/C24H25N3O4/c28-23(25-30)20-10-8-18(9-11-20)17-27(24(29)26-12-14-31-15-13-26)22-7-3-6-21(16-22)19-4-1-2-5-19/h1,3-11,16,30H,2,12-15,17H2,(H,25,28). The highest BCUT2D eigenvalue weighted by Gasteiger charge is 2.25. The van der Waals surface area contributed by atoms with Gasteiger partial charge in [0, 0.05) is 24.3 Å². The minimum Gasteiger partial charge on any atom is -0.378 e. The summed E-state index contributed by atoms with van der Waals surface area (Å²) in [6.07, 6.45) is 7.29. The average Bonchev–Trinajstić information content (AvgIpc) is 3.38. The molecule has 0 radical (unpaired) electrons. The molecule has 1 aliphatic carbocycles. The van der Waals surface area contributed by atoms with E-state index >= 15 is 0 Å². The molecular formula is C24H25N3O4. The maximum Gasteiger partial charge on any atom is 0.324 e. The van der Waals surface area contributed by atoms with Gasteiger partial charge < -0.3 is 9.64 Å². The number of anilines is 1. The number of allylic oxidation sites excluding steroid dienone is 4. The van der Waals surface area contributed by atoms with Crippen LogP contribution in [0.3, 0.4) is 0 Å². The molecule has 0 saturated carbocycles. The van der Waals surface area contributed by atoms with Crippen molar-refractivity contribution in [2.75, 3.05) is 31.2 Å². The van der Waals surface area contributed by atoms with Crippen LogP contribution < -0.4 is 10.4 Å². The van der Waals surface area contributed by atoms with Crippen molar-refractivity contribution in [3.8, 4) is 0 Å². The van der Waals surface area contributed by atoms with E-state index in [0.717, 1.165) is 28.8 Å². The van der Waals surface area contributed by atoms with Gasteiger partial charge in [0.05, 0.1) is 19.8 Å². The quantitative estimate of drug-likeness (QED) is 0.573. The third-order valence-corrected chi connectivity index (χ3v) is 5.43. The second-order valence-corrected chi connectivity index (χ2v) is 7.45. The largest absolute Gasteiger partial charge is 0.378 e. The first-order valence-corrected chi connectivity index (χ1v) is 10.3. The molecule has 0 bridgehead atoms. The number of carbonyl (C=O) groups is 2. The Morgan fingerprint density at radius 2 is 1.87 bits per heavy atom. The zero-order valence-corrected chi connectivity index (χ0v) is 17.2. The van der Waals surface area contributed by atoms with Crippen molar-refractivity contribution in [3.05, 3.63) is 83.4 Å². The van der Waals surface area contributed by atoms with Crippen molar-refractivity contribution in [2.45, 2.75) is 13.0 Å². The summed E-state index contributed by atoms with van der Waals surface area (Å²) in [6.45, 7) is 2.52. The topological polar surface area (TPSA) is 82.1 Å². The van der Waals surface area contributed by atoms with Gasteiger partial charge in [0.15, 0.2) is 0 Å². The lowest BCUT2D eigenvalue weighted by molar-refractivity contribution is 0.0548. The number of hydrogen-bond donors (Lipinski definition) is 2. The van der Waals surface area contributed by atoms with Gasteiger partial charge in [-0.05, 0) is 47.4 Å². The number of rotatable bonds is 5. The summed E-state index contributed by atoms with van der Waals surface area (Å²) in [5.74, 6) is -0.571. The highest BCUT2D eigenvalue weighted by molar-refractivity contribution is 5.94. The number of nitrogens with zero attached hydrogens (tertiary/aromatic N) is 2. The molecule has 1 fully saturated rings. The summed E-state index contributed by atoms with van der Waals surface area (Å²) in [5.41, 5.74) is 5.89. The normalized spacial score (nSPS) is 15.5. The number of hydroxylamine groups is 1. The highest BCUT2D eigenvalue weighted by atomic mass is 16.5. The minimum absolute atomic E-state index is 0.0754. The number of ether oxygens (including phenoxy) is 1. The molecule has 1 heterocycles. The van der Waals surface area contributed by atoms with Crippen molar-refractivity contribution in [3.63, 3.8) is 0 Å². The Morgan fingerprint density at radius 1 is 1.10 bits per heavy atom. The summed E-state index contributed by atoms with van der Waals surface area (Å²) in [6, 6.07) is 14.7. The van der Waals surface area contributed by atoms with E-state index in [1.54, 1.807) is 39.5 Å². The van der Waals surface area contributed by atoms with Gasteiger partial charge in [-0.25, -0.2) is 10.3 Å². The van der Waals surface area contributed by atoms with E-state index in [1.807, 2.05) is 24.3 Å². The number of carbonyl (C=O) groups excluding carboxylic acids is 2. The van der Waals surface area contributed by atoms with Crippen LogP contribution in [0, 0.1) is 0 Å². The minimum atomic E-state index is -0.571. The molecule has 31 heavy (non-hydrogen) atoms. The van der Waals surface area contributed by atoms with Crippen molar-refractivity contribution in [2.24, 2.45) is 0 Å². The number of benzene rings is 2. The smallest absolute Gasteiger partial charge is 0.324 e. The van der Waals surface area contributed by atoms with E-state index in [2.05, 4.69) is 18.2 Å². The second-order valence-electron chi connectivity index (χ2n) is 7.45. The van der Waals surface area contributed by atoms with Crippen LogP contribution in [-0.2, 0) is 11.3 Å². The number of hydrogen-bond acceptors (Lipinski definition) is 4. The van der Waals surface area contributed by atoms with E-state index in [1.165, 1.54) is 0 Å². The molecular weight excluding hydrogens is 394 g/mol. The molecule has 0 aromatic heterocycles. The van der Waals surface area contributed by atoms with E-state index < -0.39 is 5.91 Å². The molecule has 1 saturated heterocycles. The van der Waals surface area contributed by atoms with Gasteiger partial charge in [-0.2, -0.15) is 0 Å².